The van der Waals surface area contributed by atoms with Crippen LogP contribution in [0.3, 0.4) is 0 Å². The summed E-state index contributed by atoms with van der Waals surface area (Å²) < 4.78 is 10.4. The molecule has 0 fully saturated rings. The Morgan fingerprint density at radius 3 is 2.67 bits per heavy atom. The fraction of sp³-hybridized carbons (Fsp3) is 0.538. The first kappa shape index (κ1) is 14.3. The Morgan fingerprint density at radius 1 is 1.28 bits per heavy atom. The number of nitrogens with zero attached hydrogens (tertiary/aromatic N) is 1. The Kier molecular flexibility index (Phi) is 5.97. The molecule has 100 valence electrons. The van der Waals surface area contributed by atoms with Gasteiger partial charge in [0, 0.05) is 0 Å². The molecule has 0 bridgehead atoms. The van der Waals surface area contributed by atoms with E-state index in [-0.39, 0.29) is 5.69 Å². The quantitative estimate of drug-likeness (QED) is 0.308. The molecule has 5 heteroatoms. The van der Waals surface area contributed by atoms with Crippen molar-refractivity contribution in [3.05, 3.63) is 28.3 Å². The van der Waals surface area contributed by atoms with Crippen molar-refractivity contribution in [2.75, 3.05) is 13.7 Å². The van der Waals surface area contributed by atoms with Crippen LogP contribution in [0.5, 0.6) is 11.5 Å². The Balaban J connectivity index is 2.61. The minimum atomic E-state index is -0.454. The summed E-state index contributed by atoms with van der Waals surface area (Å²) in [6, 6.07) is 4.62. The van der Waals surface area contributed by atoms with Crippen LogP contribution in [0.1, 0.15) is 32.6 Å². The molecule has 0 unspecified atom stereocenters. The molecule has 0 spiro atoms. The van der Waals surface area contributed by atoms with E-state index in [4.69, 9.17) is 9.47 Å². The molecule has 0 aliphatic carbocycles. The molecule has 0 N–H and O–H groups in total. The van der Waals surface area contributed by atoms with Crippen LogP contribution < -0.4 is 9.47 Å². The minimum absolute atomic E-state index is 0.0511. The largest absolute Gasteiger partial charge is 0.496 e. The molecule has 0 aliphatic heterocycles. The Hall–Kier alpha value is -1.78. The summed E-state index contributed by atoms with van der Waals surface area (Å²) in [4.78, 5) is 10.4. The van der Waals surface area contributed by atoms with Gasteiger partial charge in [0.2, 0.25) is 0 Å². The van der Waals surface area contributed by atoms with E-state index in [1.165, 1.54) is 13.2 Å². The number of ether oxygens (including phenoxy) is 2. The average Bonchev–Trinajstić information content (AvgIpc) is 2.38. The van der Waals surface area contributed by atoms with Crippen molar-refractivity contribution < 1.29 is 14.4 Å². The van der Waals surface area contributed by atoms with Crippen LogP contribution in [0.15, 0.2) is 18.2 Å². The summed E-state index contributed by atoms with van der Waals surface area (Å²) in [7, 11) is 1.48. The van der Waals surface area contributed by atoms with Crippen LogP contribution in [0.4, 0.5) is 5.69 Å². The van der Waals surface area contributed by atoms with Gasteiger partial charge in [0.15, 0.2) is 5.75 Å². The number of unbranched alkanes of at least 4 members (excludes halogenated alkanes) is 3. The lowest BCUT2D eigenvalue weighted by Gasteiger charge is -2.07. The highest BCUT2D eigenvalue weighted by Gasteiger charge is 2.16. The molecule has 18 heavy (non-hydrogen) atoms. The number of methoxy groups -OCH3 is 1. The van der Waals surface area contributed by atoms with Gasteiger partial charge in [-0.1, -0.05) is 26.2 Å². The van der Waals surface area contributed by atoms with Gasteiger partial charge in [-0.3, -0.25) is 10.1 Å². The van der Waals surface area contributed by atoms with Gasteiger partial charge >= 0.3 is 5.69 Å². The summed E-state index contributed by atoms with van der Waals surface area (Å²) in [6.45, 7) is 2.64. The molecule has 1 rings (SSSR count). The van der Waals surface area contributed by atoms with Gasteiger partial charge in [0.05, 0.1) is 24.7 Å². The number of hydrogen-bond acceptors (Lipinski definition) is 4. The first-order valence-corrected chi connectivity index (χ1v) is 6.14. The summed E-state index contributed by atoms with van der Waals surface area (Å²) in [5.41, 5.74) is -0.0511. The third kappa shape index (κ3) is 4.24. The van der Waals surface area contributed by atoms with Crippen LogP contribution in [0.2, 0.25) is 0 Å². The standard InChI is InChI=1S/C13H19NO4/c1-3-4-5-6-9-18-13-8-7-11(17-2)10-12(13)14(15)16/h7-8,10H,3-6,9H2,1-2H3/i14+1. The van der Waals surface area contributed by atoms with E-state index in [1.54, 1.807) is 12.1 Å². The van der Waals surface area contributed by atoms with Crippen LogP contribution >= 0.6 is 0 Å². The summed E-state index contributed by atoms with van der Waals surface area (Å²) in [5.74, 6) is 0.761. The molecule has 0 radical (unpaired) electrons. The van der Waals surface area contributed by atoms with Crippen molar-refractivity contribution in [1.29, 1.82) is 0 Å². The fourth-order valence-corrected chi connectivity index (χ4v) is 1.60. The van der Waals surface area contributed by atoms with Crippen LogP contribution in [-0.2, 0) is 0 Å². The number of nitro benzene ring substituents is 1. The van der Waals surface area contributed by atoms with Crippen LogP contribution in [0, 0.1) is 10.1 Å². The number of nitro groups is 1. The smallest absolute Gasteiger partial charge is 0.314 e. The molecule has 0 saturated carbocycles. The van der Waals surface area contributed by atoms with E-state index in [2.05, 4.69) is 6.92 Å². The molecule has 0 amide bonds. The lowest BCUT2D eigenvalue weighted by molar-refractivity contribution is -0.385. The van der Waals surface area contributed by atoms with E-state index in [0.717, 1.165) is 25.7 Å². The highest BCUT2D eigenvalue weighted by atomic mass is 16.9. The van der Waals surface area contributed by atoms with Gasteiger partial charge in [-0.15, -0.1) is 0 Å². The highest BCUT2D eigenvalue weighted by molar-refractivity contribution is 5.50. The van der Waals surface area contributed by atoms with Crippen LogP contribution in [-0.4, -0.2) is 18.6 Å². The van der Waals surface area contributed by atoms with E-state index >= 15 is 0 Å². The molecule has 0 aromatic heterocycles. The monoisotopic (exact) mass is 254 g/mol. The SMILES string of the molecule is CCCCCCOc1ccc(OC)cc1[15N+](=O)[O-]. The minimum Gasteiger partial charge on any atom is -0.496 e. The second kappa shape index (κ2) is 7.53. The molecule has 0 saturated heterocycles. The third-order valence-corrected chi connectivity index (χ3v) is 2.62. The van der Waals surface area contributed by atoms with Crippen molar-refractivity contribution in [2.45, 2.75) is 32.6 Å². The summed E-state index contributed by atoms with van der Waals surface area (Å²) in [5, 5.41) is 10.9. The maximum absolute atomic E-state index is 10.9. The van der Waals surface area contributed by atoms with Gasteiger partial charge in [0.25, 0.3) is 0 Å². The zero-order valence-corrected chi connectivity index (χ0v) is 10.8. The maximum atomic E-state index is 10.9. The summed E-state index contributed by atoms with van der Waals surface area (Å²) in [6.07, 6.45) is 4.31. The topological polar surface area (TPSA) is 61.6 Å². The van der Waals surface area contributed by atoms with Gasteiger partial charge in [-0.05, 0) is 18.6 Å². The second-order valence-electron chi connectivity index (χ2n) is 4.00. The molecule has 0 aliphatic rings. The molecule has 1 aromatic rings. The van der Waals surface area contributed by atoms with E-state index < -0.39 is 4.92 Å². The molecule has 0 heterocycles. The van der Waals surface area contributed by atoms with Gasteiger partial charge < -0.3 is 9.47 Å². The van der Waals surface area contributed by atoms with Crippen molar-refractivity contribution in [3.8, 4) is 11.5 Å². The van der Waals surface area contributed by atoms with Crippen molar-refractivity contribution in [1.82, 2.24) is 0 Å². The first-order chi connectivity index (χ1) is 8.69. The third-order valence-electron chi connectivity index (χ3n) is 2.62. The number of benzene rings is 1. The fourth-order valence-electron chi connectivity index (χ4n) is 1.60. The van der Waals surface area contributed by atoms with Crippen LogP contribution in [0.25, 0.3) is 0 Å². The second-order valence-corrected chi connectivity index (χ2v) is 4.00. The maximum Gasteiger partial charge on any atom is 0.314 e. The molecular formula is C13H19NO4. The highest BCUT2D eigenvalue weighted by Crippen LogP contribution is 2.31. The zero-order chi connectivity index (χ0) is 13.4. The molecule has 0 atom stereocenters. The molecule has 1 aromatic carbocycles. The van der Waals surface area contributed by atoms with E-state index in [0.29, 0.717) is 18.1 Å². The molecular weight excluding hydrogens is 235 g/mol. The predicted octanol–water partition coefficient (Wildman–Crippen LogP) is 3.56. The van der Waals surface area contributed by atoms with Crippen molar-refractivity contribution in [3.63, 3.8) is 0 Å². The lowest BCUT2D eigenvalue weighted by atomic mass is 10.2. The van der Waals surface area contributed by atoms with E-state index in [9.17, 15) is 10.1 Å². The molecule has 5 nitrogen and oxygen atoms in total. The van der Waals surface area contributed by atoms with Gasteiger partial charge in [-0.2, -0.15) is 0 Å². The van der Waals surface area contributed by atoms with Gasteiger partial charge in [-0.25, -0.2) is 0 Å². The number of rotatable bonds is 8. The Morgan fingerprint density at radius 2 is 2.06 bits per heavy atom. The Bertz CT molecular complexity index is 393. The van der Waals surface area contributed by atoms with E-state index in [1.807, 2.05) is 0 Å². The predicted molar refractivity (Wildman–Crippen MR) is 69.3 cm³/mol. The zero-order valence-electron chi connectivity index (χ0n) is 10.8. The summed E-state index contributed by atoms with van der Waals surface area (Å²) >= 11 is 0. The van der Waals surface area contributed by atoms with Crippen molar-refractivity contribution in [2.24, 2.45) is 0 Å². The number of hydrogen-bond donors (Lipinski definition) is 0. The Labute approximate surface area is 107 Å². The van der Waals surface area contributed by atoms with Gasteiger partial charge in [0.1, 0.15) is 5.75 Å². The normalized spacial score (nSPS) is 10.1. The lowest BCUT2D eigenvalue weighted by Crippen LogP contribution is -2.01. The van der Waals surface area contributed by atoms with Crippen molar-refractivity contribution >= 4 is 5.69 Å². The first-order valence-electron chi connectivity index (χ1n) is 6.14. The average molecular weight is 254 g/mol.